The van der Waals surface area contributed by atoms with Crippen molar-refractivity contribution in [1.82, 2.24) is 0 Å². The van der Waals surface area contributed by atoms with Crippen molar-refractivity contribution in [2.24, 2.45) is 5.73 Å². The molecule has 0 saturated carbocycles. The Morgan fingerprint density at radius 1 is 1.75 bits per heavy atom. The molecular formula is C7H8BrNO2S. The van der Waals surface area contributed by atoms with Crippen LogP contribution in [0.5, 0.6) is 0 Å². The number of halogens is 1. The van der Waals surface area contributed by atoms with E-state index < -0.39 is 12.0 Å². The van der Waals surface area contributed by atoms with Crippen LogP contribution in [0, 0.1) is 0 Å². The normalized spacial score (nSPS) is 12.6. The molecule has 0 radical (unpaired) electrons. The molecule has 3 nitrogen and oxygen atoms in total. The Kier molecular flexibility index (Phi) is 3.25. The van der Waals surface area contributed by atoms with Gasteiger partial charge in [-0.3, -0.25) is 0 Å². The minimum Gasteiger partial charge on any atom is -0.468 e. The Morgan fingerprint density at radius 2 is 2.42 bits per heavy atom. The van der Waals surface area contributed by atoms with Gasteiger partial charge in [0.1, 0.15) is 6.04 Å². The van der Waals surface area contributed by atoms with Gasteiger partial charge in [-0.25, -0.2) is 4.79 Å². The molecule has 5 heteroatoms. The molecule has 1 heterocycles. The maximum absolute atomic E-state index is 11.0. The number of carbonyl (C=O) groups excluding carboxylic acids is 1. The first-order valence-corrected chi connectivity index (χ1v) is 4.84. The lowest BCUT2D eigenvalue weighted by Gasteiger charge is -2.05. The third-order valence-electron chi connectivity index (χ3n) is 1.36. The van der Waals surface area contributed by atoms with Crippen LogP contribution in [0.4, 0.5) is 0 Å². The van der Waals surface area contributed by atoms with Crippen LogP contribution in [-0.2, 0) is 9.53 Å². The monoisotopic (exact) mass is 249 g/mol. The van der Waals surface area contributed by atoms with Gasteiger partial charge >= 0.3 is 5.97 Å². The van der Waals surface area contributed by atoms with Crippen molar-refractivity contribution in [2.45, 2.75) is 6.04 Å². The van der Waals surface area contributed by atoms with Gasteiger partial charge in [-0.1, -0.05) is 0 Å². The summed E-state index contributed by atoms with van der Waals surface area (Å²) >= 11 is 4.71. The molecule has 1 unspecified atom stereocenters. The van der Waals surface area contributed by atoms with E-state index in [0.29, 0.717) is 0 Å². The molecule has 0 saturated heterocycles. The van der Waals surface area contributed by atoms with E-state index >= 15 is 0 Å². The molecule has 0 aliphatic rings. The fraction of sp³-hybridized carbons (Fsp3) is 0.286. The number of carbonyl (C=O) groups is 1. The Labute approximate surface area is 82.6 Å². The Hall–Kier alpha value is -0.390. The van der Waals surface area contributed by atoms with Gasteiger partial charge in [0.2, 0.25) is 0 Å². The SMILES string of the molecule is COC(=O)C(N)c1ccc(Br)s1. The molecule has 0 amide bonds. The van der Waals surface area contributed by atoms with E-state index in [0.717, 1.165) is 8.66 Å². The minimum absolute atomic E-state index is 0.413. The first-order valence-electron chi connectivity index (χ1n) is 3.24. The van der Waals surface area contributed by atoms with E-state index in [1.807, 2.05) is 6.07 Å². The van der Waals surface area contributed by atoms with Gasteiger partial charge in [-0.05, 0) is 28.1 Å². The van der Waals surface area contributed by atoms with E-state index in [2.05, 4.69) is 20.7 Å². The number of nitrogens with two attached hydrogens (primary N) is 1. The molecule has 0 aliphatic heterocycles. The smallest absolute Gasteiger partial charge is 0.328 e. The van der Waals surface area contributed by atoms with Gasteiger partial charge in [0.15, 0.2) is 0 Å². The zero-order valence-corrected chi connectivity index (χ0v) is 8.81. The molecule has 0 bridgehead atoms. The van der Waals surface area contributed by atoms with Crippen molar-refractivity contribution in [3.05, 3.63) is 20.8 Å². The highest BCUT2D eigenvalue weighted by molar-refractivity contribution is 9.11. The van der Waals surface area contributed by atoms with Crippen molar-refractivity contribution < 1.29 is 9.53 Å². The lowest BCUT2D eigenvalue weighted by Crippen LogP contribution is -2.21. The van der Waals surface area contributed by atoms with Crippen molar-refractivity contribution in [1.29, 1.82) is 0 Å². The van der Waals surface area contributed by atoms with E-state index in [4.69, 9.17) is 5.73 Å². The van der Waals surface area contributed by atoms with Crippen molar-refractivity contribution in [2.75, 3.05) is 7.11 Å². The minimum atomic E-state index is -0.661. The molecular weight excluding hydrogens is 242 g/mol. The number of hydrogen-bond acceptors (Lipinski definition) is 4. The maximum Gasteiger partial charge on any atom is 0.328 e. The molecule has 66 valence electrons. The van der Waals surface area contributed by atoms with Crippen molar-refractivity contribution in [3.8, 4) is 0 Å². The van der Waals surface area contributed by atoms with E-state index in [-0.39, 0.29) is 0 Å². The third-order valence-corrected chi connectivity index (χ3v) is 3.06. The maximum atomic E-state index is 11.0. The number of methoxy groups -OCH3 is 1. The highest BCUT2D eigenvalue weighted by Gasteiger charge is 2.17. The number of ether oxygens (including phenoxy) is 1. The molecule has 0 spiro atoms. The zero-order chi connectivity index (χ0) is 9.14. The van der Waals surface area contributed by atoms with E-state index in [9.17, 15) is 4.79 Å². The highest BCUT2D eigenvalue weighted by atomic mass is 79.9. The van der Waals surface area contributed by atoms with Crippen LogP contribution in [0.2, 0.25) is 0 Å². The van der Waals surface area contributed by atoms with Crippen LogP contribution in [0.15, 0.2) is 15.9 Å². The second-order valence-corrected chi connectivity index (χ2v) is 4.64. The van der Waals surface area contributed by atoms with Crippen LogP contribution in [0.1, 0.15) is 10.9 Å². The predicted molar refractivity (Wildman–Crippen MR) is 51.0 cm³/mol. The fourth-order valence-electron chi connectivity index (χ4n) is 0.739. The molecule has 0 aliphatic carbocycles. The number of thiophene rings is 1. The Bertz CT molecular complexity index is 287. The predicted octanol–water partition coefficient (Wildman–Crippen LogP) is 1.68. The molecule has 1 atom stereocenters. The lowest BCUT2D eigenvalue weighted by atomic mass is 10.3. The van der Waals surface area contributed by atoms with Gasteiger partial charge in [0.25, 0.3) is 0 Å². The highest BCUT2D eigenvalue weighted by Crippen LogP contribution is 2.26. The van der Waals surface area contributed by atoms with E-state index in [1.54, 1.807) is 6.07 Å². The standard InChI is InChI=1S/C7H8BrNO2S/c1-11-7(10)6(9)4-2-3-5(8)12-4/h2-3,6H,9H2,1H3. The molecule has 12 heavy (non-hydrogen) atoms. The van der Waals surface area contributed by atoms with Gasteiger partial charge in [0.05, 0.1) is 10.9 Å². The van der Waals surface area contributed by atoms with Gasteiger partial charge in [0, 0.05) is 4.88 Å². The number of hydrogen-bond donors (Lipinski definition) is 1. The van der Waals surface area contributed by atoms with E-state index in [1.165, 1.54) is 18.4 Å². The quantitative estimate of drug-likeness (QED) is 0.812. The summed E-state index contributed by atoms with van der Waals surface area (Å²) in [5.74, 6) is -0.413. The van der Waals surface area contributed by atoms with Crippen LogP contribution in [0.25, 0.3) is 0 Å². The second-order valence-electron chi connectivity index (χ2n) is 2.14. The average molecular weight is 250 g/mol. The molecule has 1 rings (SSSR count). The number of esters is 1. The summed E-state index contributed by atoms with van der Waals surface area (Å²) in [5, 5.41) is 0. The van der Waals surface area contributed by atoms with Crippen LogP contribution in [-0.4, -0.2) is 13.1 Å². The second kappa shape index (κ2) is 4.02. The summed E-state index contributed by atoms with van der Waals surface area (Å²) in [7, 11) is 1.32. The van der Waals surface area contributed by atoms with Gasteiger partial charge < -0.3 is 10.5 Å². The molecule has 1 aromatic rings. The summed E-state index contributed by atoms with van der Waals surface area (Å²) in [6.45, 7) is 0. The molecule has 1 aromatic heterocycles. The van der Waals surface area contributed by atoms with Crippen LogP contribution in [0.3, 0.4) is 0 Å². The van der Waals surface area contributed by atoms with Gasteiger partial charge in [-0.2, -0.15) is 0 Å². The number of rotatable bonds is 2. The first-order chi connectivity index (χ1) is 5.65. The lowest BCUT2D eigenvalue weighted by molar-refractivity contribution is -0.142. The summed E-state index contributed by atoms with van der Waals surface area (Å²) < 4.78 is 5.46. The first kappa shape index (κ1) is 9.70. The van der Waals surface area contributed by atoms with Gasteiger partial charge in [-0.15, -0.1) is 11.3 Å². The van der Waals surface area contributed by atoms with Crippen molar-refractivity contribution >= 4 is 33.2 Å². The summed E-state index contributed by atoms with van der Waals surface area (Å²) in [5.41, 5.74) is 5.58. The summed E-state index contributed by atoms with van der Waals surface area (Å²) in [6, 6.07) is 2.99. The van der Waals surface area contributed by atoms with Crippen LogP contribution < -0.4 is 5.73 Å². The molecule has 2 N–H and O–H groups in total. The fourth-order valence-corrected chi connectivity index (χ4v) is 2.15. The zero-order valence-electron chi connectivity index (χ0n) is 6.41. The molecule has 0 fully saturated rings. The average Bonchev–Trinajstić information content (AvgIpc) is 2.49. The summed E-state index contributed by atoms with van der Waals surface area (Å²) in [4.78, 5) is 11.8. The summed E-state index contributed by atoms with van der Waals surface area (Å²) in [6.07, 6.45) is 0. The van der Waals surface area contributed by atoms with Crippen molar-refractivity contribution in [3.63, 3.8) is 0 Å². The molecule has 0 aromatic carbocycles. The third kappa shape index (κ3) is 2.06. The Balaban J connectivity index is 2.77. The van der Waals surface area contributed by atoms with Crippen LogP contribution >= 0.6 is 27.3 Å². The largest absolute Gasteiger partial charge is 0.468 e. The topological polar surface area (TPSA) is 52.3 Å². The Morgan fingerprint density at radius 3 is 2.83 bits per heavy atom.